The molecule has 0 spiro atoms. The van der Waals surface area contributed by atoms with Crippen LogP contribution >= 0.6 is 0 Å². The molecular weight excluding hydrogens is 264 g/mol. The number of anilines is 2. The minimum atomic E-state index is -0.205. The van der Waals surface area contributed by atoms with E-state index in [0.717, 1.165) is 11.3 Å². The van der Waals surface area contributed by atoms with Crippen molar-refractivity contribution >= 4 is 17.5 Å². The first-order valence-corrected chi connectivity index (χ1v) is 6.50. The maximum atomic E-state index is 12.0. The van der Waals surface area contributed by atoms with Gasteiger partial charge in [-0.05, 0) is 24.3 Å². The third-order valence-electron chi connectivity index (χ3n) is 3.04. The van der Waals surface area contributed by atoms with Gasteiger partial charge in [-0.3, -0.25) is 10.1 Å². The maximum absolute atomic E-state index is 12.0. The number of hydrogen-bond acceptors (Lipinski definition) is 3. The molecule has 1 heterocycles. The molecule has 4 N–H and O–H groups in total. The Morgan fingerprint density at radius 1 is 1.10 bits per heavy atom. The molecule has 0 aliphatic carbocycles. The van der Waals surface area contributed by atoms with Gasteiger partial charge in [0.15, 0.2) is 0 Å². The number of imidazole rings is 1. The molecule has 0 atom stereocenters. The Bertz CT molecular complexity index is 765. The van der Waals surface area contributed by atoms with Crippen LogP contribution in [0.15, 0.2) is 60.8 Å². The third kappa shape index (κ3) is 2.92. The van der Waals surface area contributed by atoms with Gasteiger partial charge >= 0.3 is 0 Å². The first kappa shape index (κ1) is 12.9. The zero-order valence-corrected chi connectivity index (χ0v) is 11.2. The van der Waals surface area contributed by atoms with E-state index in [0.29, 0.717) is 17.2 Å². The summed E-state index contributed by atoms with van der Waals surface area (Å²) in [5.74, 6) is 0.199. The average molecular weight is 278 g/mol. The van der Waals surface area contributed by atoms with Crippen LogP contribution in [-0.4, -0.2) is 15.9 Å². The van der Waals surface area contributed by atoms with Gasteiger partial charge < -0.3 is 10.7 Å². The number of carbonyl (C=O) groups excluding carboxylic acids is 1. The Labute approximate surface area is 121 Å². The molecule has 0 unspecified atom stereocenters. The molecule has 104 valence electrons. The second kappa shape index (κ2) is 5.50. The van der Waals surface area contributed by atoms with Crippen molar-refractivity contribution in [1.82, 2.24) is 9.97 Å². The van der Waals surface area contributed by atoms with Crippen LogP contribution in [0.4, 0.5) is 11.6 Å². The lowest BCUT2D eigenvalue weighted by Crippen LogP contribution is -2.12. The molecule has 3 rings (SSSR count). The standard InChI is InChI=1S/C16H14N4O/c17-13-8-4-7-12(9-13)14-10-18-16(19-14)20-15(21)11-5-2-1-3-6-11/h1-10H,17H2,(H2,18,19,20,21). The number of benzene rings is 2. The number of aromatic nitrogens is 2. The molecule has 5 nitrogen and oxygen atoms in total. The molecule has 0 aliphatic heterocycles. The minimum absolute atomic E-state index is 0.205. The largest absolute Gasteiger partial charge is 0.399 e. The van der Waals surface area contributed by atoms with Gasteiger partial charge in [-0.25, -0.2) is 4.98 Å². The number of nitrogen functional groups attached to an aromatic ring is 1. The quantitative estimate of drug-likeness (QED) is 0.644. The highest BCUT2D eigenvalue weighted by Gasteiger charge is 2.08. The van der Waals surface area contributed by atoms with Crippen LogP contribution < -0.4 is 11.1 Å². The molecule has 0 bridgehead atoms. The molecule has 0 saturated carbocycles. The summed E-state index contributed by atoms with van der Waals surface area (Å²) < 4.78 is 0. The number of nitrogens with one attached hydrogen (secondary N) is 2. The second-order valence-corrected chi connectivity index (χ2v) is 4.59. The van der Waals surface area contributed by atoms with Crippen molar-refractivity contribution in [1.29, 1.82) is 0 Å². The first-order chi connectivity index (χ1) is 10.2. The van der Waals surface area contributed by atoms with E-state index in [2.05, 4.69) is 15.3 Å². The molecule has 3 aromatic rings. The number of hydrogen-bond donors (Lipinski definition) is 3. The molecule has 5 heteroatoms. The molecule has 0 radical (unpaired) electrons. The lowest BCUT2D eigenvalue weighted by atomic mass is 10.1. The fourth-order valence-corrected chi connectivity index (χ4v) is 2.01. The highest BCUT2D eigenvalue weighted by atomic mass is 16.1. The van der Waals surface area contributed by atoms with Gasteiger partial charge in [0, 0.05) is 16.8 Å². The minimum Gasteiger partial charge on any atom is -0.399 e. The Balaban J connectivity index is 1.78. The van der Waals surface area contributed by atoms with Crippen LogP contribution in [0.25, 0.3) is 11.3 Å². The van der Waals surface area contributed by atoms with E-state index in [9.17, 15) is 4.79 Å². The van der Waals surface area contributed by atoms with Crippen LogP contribution in [0.3, 0.4) is 0 Å². The van der Waals surface area contributed by atoms with Gasteiger partial charge in [0.2, 0.25) is 5.95 Å². The van der Waals surface area contributed by atoms with Crippen LogP contribution in [0.1, 0.15) is 10.4 Å². The zero-order chi connectivity index (χ0) is 14.7. The fourth-order valence-electron chi connectivity index (χ4n) is 2.01. The molecule has 0 aliphatic rings. The molecule has 1 amide bonds. The van der Waals surface area contributed by atoms with Gasteiger partial charge in [0.05, 0.1) is 11.9 Å². The second-order valence-electron chi connectivity index (χ2n) is 4.59. The molecule has 2 aromatic carbocycles. The number of rotatable bonds is 3. The fraction of sp³-hybridized carbons (Fsp3) is 0. The van der Waals surface area contributed by atoms with E-state index >= 15 is 0 Å². The predicted octanol–water partition coefficient (Wildman–Crippen LogP) is 2.91. The van der Waals surface area contributed by atoms with Gasteiger partial charge in [-0.15, -0.1) is 0 Å². The average Bonchev–Trinajstić information content (AvgIpc) is 2.97. The molecular formula is C16H14N4O. The van der Waals surface area contributed by atoms with Crippen LogP contribution in [0.5, 0.6) is 0 Å². The summed E-state index contributed by atoms with van der Waals surface area (Å²) in [4.78, 5) is 19.2. The molecule has 0 saturated heterocycles. The number of carbonyl (C=O) groups is 1. The number of nitrogens with zero attached hydrogens (tertiary/aromatic N) is 1. The SMILES string of the molecule is Nc1cccc(-c2cnc(NC(=O)c3ccccc3)[nH]2)c1. The Morgan fingerprint density at radius 3 is 2.67 bits per heavy atom. The monoisotopic (exact) mass is 278 g/mol. The van der Waals surface area contributed by atoms with E-state index in [1.165, 1.54) is 0 Å². The third-order valence-corrected chi connectivity index (χ3v) is 3.04. The van der Waals surface area contributed by atoms with Crippen molar-refractivity contribution in [2.45, 2.75) is 0 Å². The van der Waals surface area contributed by atoms with Gasteiger partial charge in [0.1, 0.15) is 0 Å². The normalized spacial score (nSPS) is 10.3. The van der Waals surface area contributed by atoms with Crippen molar-refractivity contribution in [3.8, 4) is 11.3 Å². The molecule has 0 fully saturated rings. The Kier molecular flexibility index (Phi) is 3.39. The van der Waals surface area contributed by atoms with Crippen molar-refractivity contribution in [2.75, 3.05) is 11.1 Å². The van der Waals surface area contributed by atoms with Crippen LogP contribution in [0, 0.1) is 0 Å². The van der Waals surface area contributed by atoms with E-state index in [-0.39, 0.29) is 5.91 Å². The molecule has 21 heavy (non-hydrogen) atoms. The summed E-state index contributed by atoms with van der Waals surface area (Å²) in [7, 11) is 0. The predicted molar refractivity (Wildman–Crippen MR) is 82.8 cm³/mol. The van der Waals surface area contributed by atoms with Gasteiger partial charge in [-0.1, -0.05) is 30.3 Å². The Hall–Kier alpha value is -3.08. The Morgan fingerprint density at radius 2 is 1.90 bits per heavy atom. The molecule has 1 aromatic heterocycles. The lowest BCUT2D eigenvalue weighted by molar-refractivity contribution is 0.102. The summed E-state index contributed by atoms with van der Waals surface area (Å²) in [5, 5.41) is 2.73. The lowest BCUT2D eigenvalue weighted by Gasteiger charge is -2.02. The van der Waals surface area contributed by atoms with Gasteiger partial charge in [-0.2, -0.15) is 0 Å². The van der Waals surface area contributed by atoms with E-state index in [1.807, 2.05) is 42.5 Å². The number of amides is 1. The first-order valence-electron chi connectivity index (χ1n) is 6.50. The number of nitrogens with two attached hydrogens (primary N) is 1. The van der Waals surface area contributed by atoms with Crippen LogP contribution in [-0.2, 0) is 0 Å². The zero-order valence-electron chi connectivity index (χ0n) is 11.2. The highest BCUT2D eigenvalue weighted by Crippen LogP contribution is 2.20. The summed E-state index contributed by atoms with van der Waals surface area (Å²) in [6.45, 7) is 0. The van der Waals surface area contributed by atoms with Gasteiger partial charge in [0.25, 0.3) is 5.91 Å². The van der Waals surface area contributed by atoms with Crippen molar-refractivity contribution in [3.63, 3.8) is 0 Å². The summed E-state index contributed by atoms with van der Waals surface area (Å²) in [5.41, 5.74) is 8.73. The summed E-state index contributed by atoms with van der Waals surface area (Å²) in [6.07, 6.45) is 1.66. The number of H-pyrrole nitrogens is 1. The smallest absolute Gasteiger partial charge is 0.257 e. The van der Waals surface area contributed by atoms with E-state index < -0.39 is 0 Å². The van der Waals surface area contributed by atoms with E-state index in [4.69, 9.17) is 5.73 Å². The highest BCUT2D eigenvalue weighted by molar-refractivity contribution is 6.03. The maximum Gasteiger partial charge on any atom is 0.257 e. The van der Waals surface area contributed by atoms with Crippen molar-refractivity contribution < 1.29 is 4.79 Å². The topological polar surface area (TPSA) is 83.8 Å². The van der Waals surface area contributed by atoms with Crippen molar-refractivity contribution in [2.24, 2.45) is 0 Å². The van der Waals surface area contributed by atoms with Crippen LogP contribution in [0.2, 0.25) is 0 Å². The summed E-state index contributed by atoms with van der Waals surface area (Å²) in [6, 6.07) is 16.4. The number of aromatic amines is 1. The summed E-state index contributed by atoms with van der Waals surface area (Å²) >= 11 is 0. The van der Waals surface area contributed by atoms with Crippen molar-refractivity contribution in [3.05, 3.63) is 66.4 Å². The van der Waals surface area contributed by atoms with E-state index in [1.54, 1.807) is 18.3 Å².